The highest BCUT2D eigenvalue weighted by Crippen LogP contribution is 2.40. The Labute approximate surface area is 157 Å². The second kappa shape index (κ2) is 8.39. The number of hydrogen-bond acceptors (Lipinski definition) is 6. The summed E-state index contributed by atoms with van der Waals surface area (Å²) in [5, 5.41) is 11.4. The summed E-state index contributed by atoms with van der Waals surface area (Å²) in [6.07, 6.45) is 0. The molecule has 1 amide bonds. The Kier molecular flexibility index (Phi) is 6.23. The monoisotopic (exact) mass is 374 g/mol. The first-order valence-electron chi connectivity index (χ1n) is 8.13. The maximum absolute atomic E-state index is 12.8. The van der Waals surface area contributed by atoms with Gasteiger partial charge in [0.25, 0.3) is 11.6 Å². The molecule has 0 saturated carbocycles. The fourth-order valence-electron chi connectivity index (χ4n) is 2.89. The molecule has 0 heterocycles. The van der Waals surface area contributed by atoms with Crippen molar-refractivity contribution in [2.75, 3.05) is 28.4 Å². The molecule has 27 heavy (non-hydrogen) atoms. The molecule has 0 saturated heterocycles. The first kappa shape index (κ1) is 20.0. The minimum absolute atomic E-state index is 0.0435. The van der Waals surface area contributed by atoms with E-state index in [1.54, 1.807) is 38.2 Å². The quantitative estimate of drug-likeness (QED) is 0.546. The molecule has 0 aliphatic rings. The number of nitrogens with zero attached hydrogens (tertiary/aromatic N) is 2. The summed E-state index contributed by atoms with van der Waals surface area (Å²) < 4.78 is 16.0. The van der Waals surface area contributed by atoms with Gasteiger partial charge in [-0.1, -0.05) is 12.1 Å². The van der Waals surface area contributed by atoms with Crippen LogP contribution in [0.25, 0.3) is 0 Å². The minimum atomic E-state index is -0.534. The minimum Gasteiger partial charge on any atom is -0.493 e. The highest BCUT2D eigenvalue weighted by molar-refractivity contribution is 5.98. The molecule has 8 heteroatoms. The molecule has 2 rings (SSSR count). The standard InChI is InChI=1S/C19H22N2O6/c1-12-7-6-8-14(16(12)21(23)24)19(22)20(2)11-13-9-10-15(25-3)18(27-5)17(13)26-4/h6-10H,11H2,1-5H3. The van der Waals surface area contributed by atoms with Gasteiger partial charge in [0.05, 0.1) is 26.3 Å². The molecule has 0 bridgehead atoms. The molecule has 0 radical (unpaired) electrons. The van der Waals surface area contributed by atoms with Crippen LogP contribution in [0.1, 0.15) is 21.5 Å². The van der Waals surface area contributed by atoms with Crippen molar-refractivity contribution in [1.29, 1.82) is 0 Å². The summed E-state index contributed by atoms with van der Waals surface area (Å²) in [6.45, 7) is 1.78. The van der Waals surface area contributed by atoms with Crippen molar-refractivity contribution in [1.82, 2.24) is 4.90 Å². The maximum atomic E-state index is 12.8. The van der Waals surface area contributed by atoms with E-state index < -0.39 is 10.8 Å². The molecule has 0 atom stereocenters. The summed E-state index contributed by atoms with van der Waals surface area (Å²) in [5.74, 6) is 0.902. The topological polar surface area (TPSA) is 91.1 Å². The summed E-state index contributed by atoms with van der Waals surface area (Å²) in [4.78, 5) is 25.1. The van der Waals surface area contributed by atoms with Gasteiger partial charge < -0.3 is 19.1 Å². The number of carbonyl (C=O) groups is 1. The molecule has 0 spiro atoms. The van der Waals surface area contributed by atoms with Gasteiger partial charge in [0.1, 0.15) is 5.56 Å². The molecule has 0 aliphatic heterocycles. The molecule has 0 N–H and O–H groups in total. The average molecular weight is 374 g/mol. The SMILES string of the molecule is COc1ccc(CN(C)C(=O)c2cccc(C)c2[N+](=O)[O-])c(OC)c1OC. The van der Waals surface area contributed by atoms with Gasteiger partial charge in [-0.25, -0.2) is 0 Å². The fourth-order valence-corrected chi connectivity index (χ4v) is 2.89. The number of carbonyl (C=O) groups excluding carboxylic acids is 1. The smallest absolute Gasteiger partial charge is 0.285 e. The zero-order chi connectivity index (χ0) is 20.1. The summed E-state index contributed by atoms with van der Waals surface area (Å²) in [7, 11) is 6.08. The number of para-hydroxylation sites is 1. The van der Waals surface area contributed by atoms with Crippen LogP contribution in [0.4, 0.5) is 5.69 Å². The Morgan fingerprint density at radius 1 is 1.07 bits per heavy atom. The van der Waals surface area contributed by atoms with Gasteiger partial charge in [0.15, 0.2) is 11.5 Å². The van der Waals surface area contributed by atoms with Crippen LogP contribution in [0.3, 0.4) is 0 Å². The largest absolute Gasteiger partial charge is 0.493 e. The lowest BCUT2D eigenvalue weighted by molar-refractivity contribution is -0.385. The normalized spacial score (nSPS) is 10.3. The Bertz CT molecular complexity index is 866. The second-order valence-corrected chi connectivity index (χ2v) is 5.88. The highest BCUT2D eigenvalue weighted by atomic mass is 16.6. The number of amides is 1. The van der Waals surface area contributed by atoms with Crippen LogP contribution < -0.4 is 14.2 Å². The number of ether oxygens (including phenoxy) is 3. The molecular weight excluding hydrogens is 352 g/mol. The fraction of sp³-hybridized carbons (Fsp3) is 0.316. The first-order chi connectivity index (χ1) is 12.8. The van der Waals surface area contributed by atoms with Crippen LogP contribution in [0.15, 0.2) is 30.3 Å². The molecule has 2 aromatic carbocycles. The number of rotatable bonds is 7. The van der Waals surface area contributed by atoms with E-state index in [2.05, 4.69) is 0 Å². The van der Waals surface area contributed by atoms with Crippen LogP contribution in [0.5, 0.6) is 17.2 Å². The van der Waals surface area contributed by atoms with Crippen LogP contribution >= 0.6 is 0 Å². The van der Waals surface area contributed by atoms with Crippen LogP contribution in [0, 0.1) is 17.0 Å². The van der Waals surface area contributed by atoms with Crippen molar-refractivity contribution in [3.05, 3.63) is 57.1 Å². The number of hydrogen-bond donors (Lipinski definition) is 0. The van der Waals surface area contributed by atoms with Crippen LogP contribution in [-0.2, 0) is 6.54 Å². The van der Waals surface area contributed by atoms with Gasteiger partial charge in [-0.3, -0.25) is 14.9 Å². The van der Waals surface area contributed by atoms with Gasteiger partial charge in [0, 0.05) is 24.7 Å². The number of benzene rings is 2. The lowest BCUT2D eigenvalue weighted by Gasteiger charge is -2.21. The molecule has 0 unspecified atom stereocenters. The molecule has 2 aromatic rings. The third kappa shape index (κ3) is 3.94. The Balaban J connectivity index is 2.39. The van der Waals surface area contributed by atoms with E-state index >= 15 is 0 Å². The predicted molar refractivity (Wildman–Crippen MR) is 99.7 cm³/mol. The molecule has 0 fully saturated rings. The first-order valence-corrected chi connectivity index (χ1v) is 8.13. The van der Waals surface area contributed by atoms with E-state index in [4.69, 9.17) is 14.2 Å². The third-order valence-electron chi connectivity index (χ3n) is 4.19. The van der Waals surface area contributed by atoms with Gasteiger partial charge in [0.2, 0.25) is 5.75 Å². The van der Waals surface area contributed by atoms with E-state index in [1.165, 1.54) is 32.3 Å². The molecular formula is C19H22N2O6. The summed E-state index contributed by atoms with van der Waals surface area (Å²) in [6, 6.07) is 8.15. The van der Waals surface area contributed by atoms with Crippen molar-refractivity contribution in [2.45, 2.75) is 13.5 Å². The zero-order valence-corrected chi connectivity index (χ0v) is 15.9. The molecule has 144 valence electrons. The van der Waals surface area contributed by atoms with Crippen molar-refractivity contribution in [3.63, 3.8) is 0 Å². The lowest BCUT2D eigenvalue weighted by Crippen LogP contribution is -2.27. The van der Waals surface area contributed by atoms with Crippen LogP contribution in [-0.4, -0.2) is 44.1 Å². The third-order valence-corrected chi connectivity index (χ3v) is 4.19. The van der Waals surface area contributed by atoms with Gasteiger partial charge in [-0.05, 0) is 25.1 Å². The maximum Gasteiger partial charge on any atom is 0.285 e. The number of nitro groups is 1. The molecule has 0 aromatic heterocycles. The predicted octanol–water partition coefficient (Wildman–Crippen LogP) is 3.20. The Hall–Kier alpha value is -3.29. The number of aryl methyl sites for hydroxylation is 1. The number of methoxy groups -OCH3 is 3. The van der Waals surface area contributed by atoms with Crippen LogP contribution in [0.2, 0.25) is 0 Å². The van der Waals surface area contributed by atoms with Gasteiger partial charge >= 0.3 is 0 Å². The van der Waals surface area contributed by atoms with Crippen molar-refractivity contribution < 1.29 is 23.9 Å². The zero-order valence-electron chi connectivity index (χ0n) is 15.9. The van der Waals surface area contributed by atoms with E-state index in [0.29, 0.717) is 28.4 Å². The molecule has 0 aliphatic carbocycles. The van der Waals surface area contributed by atoms with E-state index in [1.807, 2.05) is 0 Å². The number of nitro benzene ring substituents is 1. The van der Waals surface area contributed by atoms with Gasteiger partial charge in [-0.15, -0.1) is 0 Å². The lowest BCUT2D eigenvalue weighted by atomic mass is 10.1. The Morgan fingerprint density at radius 3 is 2.30 bits per heavy atom. The summed E-state index contributed by atoms with van der Waals surface area (Å²) >= 11 is 0. The molecule has 8 nitrogen and oxygen atoms in total. The van der Waals surface area contributed by atoms with E-state index in [0.717, 1.165) is 0 Å². The van der Waals surface area contributed by atoms with Crippen molar-refractivity contribution in [2.24, 2.45) is 0 Å². The summed E-state index contributed by atoms with van der Waals surface area (Å²) in [5.41, 5.74) is 0.972. The van der Waals surface area contributed by atoms with Crippen molar-refractivity contribution in [3.8, 4) is 17.2 Å². The highest BCUT2D eigenvalue weighted by Gasteiger charge is 2.26. The van der Waals surface area contributed by atoms with Gasteiger partial charge in [-0.2, -0.15) is 0 Å². The van der Waals surface area contributed by atoms with Crippen molar-refractivity contribution >= 4 is 11.6 Å². The van der Waals surface area contributed by atoms with E-state index in [9.17, 15) is 14.9 Å². The Morgan fingerprint density at radius 2 is 1.74 bits per heavy atom. The second-order valence-electron chi connectivity index (χ2n) is 5.88. The van der Waals surface area contributed by atoms with E-state index in [-0.39, 0.29) is 17.8 Å². The average Bonchev–Trinajstić information content (AvgIpc) is 2.66.